The molecule has 2 aliphatic rings. The van der Waals surface area contributed by atoms with Crippen LogP contribution in [0.4, 0.5) is 5.69 Å². The van der Waals surface area contributed by atoms with E-state index in [1.807, 2.05) is 19.1 Å². The standard InChI is InChI=1S/C25H24N2O4/c1-17-7-8-19(30-17)15-23-24(29)20-9-10-22(28)21(25(20)31-23)16-26-11-13-27(14-12-26)18-5-3-2-4-6-18/h2-10,15,28H,11-14,16H2,1H3/b23-15-. The average molecular weight is 416 g/mol. The number of Topliss-reactive ketones (excluding diaryl/α,β-unsaturated/α-hetero) is 1. The van der Waals surface area contributed by atoms with Crippen LogP contribution in [0.1, 0.15) is 27.4 Å². The van der Waals surface area contributed by atoms with Gasteiger partial charge in [-0.2, -0.15) is 0 Å². The highest BCUT2D eigenvalue weighted by Gasteiger charge is 2.32. The molecule has 0 unspecified atom stereocenters. The Bertz CT molecular complexity index is 1140. The quantitative estimate of drug-likeness (QED) is 0.642. The number of aryl methyl sites for hydroxylation is 1. The number of rotatable bonds is 4. The van der Waals surface area contributed by atoms with Crippen molar-refractivity contribution in [3.8, 4) is 11.5 Å². The van der Waals surface area contributed by atoms with E-state index in [9.17, 15) is 9.90 Å². The van der Waals surface area contributed by atoms with Crippen molar-refractivity contribution in [3.05, 3.63) is 83.0 Å². The number of carbonyl (C=O) groups excluding carboxylic acids is 1. The second-order valence-corrected chi connectivity index (χ2v) is 7.93. The van der Waals surface area contributed by atoms with E-state index < -0.39 is 0 Å². The Morgan fingerprint density at radius 2 is 1.77 bits per heavy atom. The molecule has 1 fully saturated rings. The van der Waals surface area contributed by atoms with E-state index in [1.165, 1.54) is 5.69 Å². The number of carbonyl (C=O) groups is 1. The van der Waals surface area contributed by atoms with Gasteiger partial charge in [0.25, 0.3) is 0 Å². The summed E-state index contributed by atoms with van der Waals surface area (Å²) in [5, 5.41) is 10.5. The van der Waals surface area contributed by atoms with Crippen molar-refractivity contribution in [1.29, 1.82) is 0 Å². The van der Waals surface area contributed by atoms with Crippen molar-refractivity contribution in [2.24, 2.45) is 0 Å². The summed E-state index contributed by atoms with van der Waals surface area (Å²) < 4.78 is 11.5. The predicted molar refractivity (Wildman–Crippen MR) is 118 cm³/mol. The Labute approximate surface area is 181 Å². The van der Waals surface area contributed by atoms with Crippen LogP contribution >= 0.6 is 0 Å². The summed E-state index contributed by atoms with van der Waals surface area (Å²) in [7, 11) is 0. The molecule has 6 nitrogen and oxygen atoms in total. The van der Waals surface area contributed by atoms with Gasteiger partial charge in [0.2, 0.25) is 5.78 Å². The lowest BCUT2D eigenvalue weighted by Gasteiger charge is -2.36. The average Bonchev–Trinajstić information content (AvgIpc) is 3.34. The van der Waals surface area contributed by atoms with E-state index >= 15 is 0 Å². The Kier molecular flexibility index (Phi) is 5.00. The van der Waals surface area contributed by atoms with Gasteiger partial charge >= 0.3 is 0 Å². The highest BCUT2D eigenvalue weighted by atomic mass is 16.5. The van der Waals surface area contributed by atoms with E-state index in [2.05, 4.69) is 34.1 Å². The van der Waals surface area contributed by atoms with Gasteiger partial charge in [0.05, 0.1) is 11.1 Å². The number of anilines is 1. The molecule has 0 spiro atoms. The Balaban J connectivity index is 1.33. The van der Waals surface area contributed by atoms with Crippen molar-refractivity contribution < 1.29 is 19.1 Å². The zero-order chi connectivity index (χ0) is 21.4. The summed E-state index contributed by atoms with van der Waals surface area (Å²) in [6, 6.07) is 17.2. The second kappa shape index (κ2) is 7.96. The van der Waals surface area contributed by atoms with Gasteiger partial charge in [-0.25, -0.2) is 0 Å². The number of fused-ring (bicyclic) bond motifs is 1. The highest BCUT2D eigenvalue weighted by Crippen LogP contribution is 2.40. The van der Waals surface area contributed by atoms with Crippen LogP contribution in [0.2, 0.25) is 0 Å². The molecule has 0 radical (unpaired) electrons. The van der Waals surface area contributed by atoms with Gasteiger partial charge in [0.1, 0.15) is 23.0 Å². The Hall–Kier alpha value is -3.51. The van der Waals surface area contributed by atoms with Crippen molar-refractivity contribution >= 4 is 17.5 Å². The summed E-state index contributed by atoms with van der Waals surface area (Å²) in [6.07, 6.45) is 1.61. The lowest BCUT2D eigenvalue weighted by molar-refractivity contribution is 0.101. The normalized spacial score (nSPS) is 17.8. The molecular weight excluding hydrogens is 392 g/mol. The first-order valence-electron chi connectivity index (χ1n) is 10.5. The molecule has 0 saturated carbocycles. The monoisotopic (exact) mass is 416 g/mol. The van der Waals surface area contributed by atoms with E-state index in [0.29, 0.717) is 29.2 Å². The third-order valence-electron chi connectivity index (χ3n) is 5.83. The third kappa shape index (κ3) is 3.82. The van der Waals surface area contributed by atoms with E-state index in [4.69, 9.17) is 9.15 Å². The molecule has 1 N–H and O–H groups in total. The minimum atomic E-state index is -0.195. The summed E-state index contributed by atoms with van der Waals surface area (Å²) in [4.78, 5) is 17.5. The molecule has 6 heteroatoms. The number of furan rings is 1. The minimum Gasteiger partial charge on any atom is -0.507 e. The van der Waals surface area contributed by atoms with Crippen LogP contribution in [0, 0.1) is 6.92 Å². The number of ketones is 1. The van der Waals surface area contributed by atoms with Crippen LogP contribution in [0.15, 0.2) is 64.8 Å². The topological polar surface area (TPSA) is 66.2 Å². The molecule has 0 aliphatic carbocycles. The lowest BCUT2D eigenvalue weighted by Crippen LogP contribution is -2.46. The minimum absolute atomic E-state index is 0.145. The summed E-state index contributed by atoms with van der Waals surface area (Å²) in [5.74, 6) is 1.95. The number of nitrogens with zero attached hydrogens (tertiary/aromatic N) is 2. The van der Waals surface area contributed by atoms with Gasteiger partial charge in [-0.3, -0.25) is 9.69 Å². The zero-order valence-electron chi connectivity index (χ0n) is 17.4. The number of benzene rings is 2. The second-order valence-electron chi connectivity index (χ2n) is 7.93. The fraction of sp³-hybridized carbons (Fsp3) is 0.240. The van der Waals surface area contributed by atoms with Gasteiger partial charge in [0.15, 0.2) is 5.76 Å². The van der Waals surface area contributed by atoms with Crippen molar-refractivity contribution in [3.63, 3.8) is 0 Å². The molecule has 158 valence electrons. The predicted octanol–water partition coefficient (Wildman–Crippen LogP) is 4.23. The fourth-order valence-electron chi connectivity index (χ4n) is 4.14. The molecule has 3 heterocycles. The van der Waals surface area contributed by atoms with Crippen molar-refractivity contribution in [2.75, 3.05) is 31.1 Å². The maximum Gasteiger partial charge on any atom is 0.232 e. The molecule has 2 aliphatic heterocycles. The van der Waals surface area contributed by atoms with Crippen LogP contribution in [-0.2, 0) is 6.54 Å². The molecule has 2 aromatic carbocycles. The molecule has 0 amide bonds. The highest BCUT2D eigenvalue weighted by molar-refractivity contribution is 6.14. The van der Waals surface area contributed by atoms with Crippen LogP contribution in [-0.4, -0.2) is 42.0 Å². The van der Waals surface area contributed by atoms with E-state index in [-0.39, 0.29) is 17.3 Å². The van der Waals surface area contributed by atoms with Crippen LogP contribution < -0.4 is 9.64 Å². The summed E-state index contributed by atoms with van der Waals surface area (Å²) in [6.45, 7) is 5.91. The van der Waals surface area contributed by atoms with Gasteiger partial charge in [-0.1, -0.05) is 18.2 Å². The van der Waals surface area contributed by atoms with Crippen LogP contribution in [0.25, 0.3) is 6.08 Å². The van der Waals surface area contributed by atoms with E-state index in [1.54, 1.807) is 24.3 Å². The zero-order valence-corrected chi connectivity index (χ0v) is 17.4. The maximum atomic E-state index is 12.8. The number of allylic oxidation sites excluding steroid dienone is 1. The Morgan fingerprint density at radius 3 is 2.48 bits per heavy atom. The number of aromatic hydroxyl groups is 1. The molecular formula is C25H24N2O4. The van der Waals surface area contributed by atoms with Gasteiger partial charge < -0.3 is 19.2 Å². The van der Waals surface area contributed by atoms with Gasteiger partial charge in [0, 0.05) is 44.5 Å². The molecule has 0 atom stereocenters. The number of phenols is 1. The number of hydrogen-bond acceptors (Lipinski definition) is 6. The molecule has 1 aromatic heterocycles. The summed E-state index contributed by atoms with van der Waals surface area (Å²) in [5.41, 5.74) is 2.35. The van der Waals surface area contributed by atoms with Gasteiger partial charge in [-0.15, -0.1) is 0 Å². The van der Waals surface area contributed by atoms with Crippen molar-refractivity contribution in [1.82, 2.24) is 4.90 Å². The summed E-state index contributed by atoms with van der Waals surface area (Å²) >= 11 is 0. The first-order chi connectivity index (χ1) is 15.1. The third-order valence-corrected chi connectivity index (χ3v) is 5.83. The number of hydrogen-bond donors (Lipinski definition) is 1. The molecule has 5 rings (SSSR count). The first kappa shape index (κ1) is 19.5. The number of phenolic OH excluding ortho intramolecular Hbond substituents is 1. The number of piperazine rings is 1. The molecule has 3 aromatic rings. The Morgan fingerprint density at radius 1 is 1.00 bits per heavy atom. The number of para-hydroxylation sites is 1. The van der Waals surface area contributed by atoms with Gasteiger partial charge in [-0.05, 0) is 43.3 Å². The molecule has 31 heavy (non-hydrogen) atoms. The SMILES string of the molecule is Cc1ccc(/C=C2\Oc3c(ccc(O)c3CN3CCN(c4ccccc4)CC3)C2=O)o1. The number of ether oxygens (including phenoxy) is 1. The van der Waals surface area contributed by atoms with Crippen LogP contribution in [0.5, 0.6) is 11.5 Å². The van der Waals surface area contributed by atoms with E-state index in [0.717, 1.165) is 31.9 Å². The molecule has 1 saturated heterocycles. The lowest BCUT2D eigenvalue weighted by atomic mass is 10.0. The molecule has 0 bridgehead atoms. The maximum absolute atomic E-state index is 12.8. The largest absolute Gasteiger partial charge is 0.507 e. The smallest absolute Gasteiger partial charge is 0.232 e. The first-order valence-corrected chi connectivity index (χ1v) is 10.5. The van der Waals surface area contributed by atoms with Crippen LogP contribution in [0.3, 0.4) is 0 Å². The fourth-order valence-corrected chi connectivity index (χ4v) is 4.14. The van der Waals surface area contributed by atoms with Crippen molar-refractivity contribution in [2.45, 2.75) is 13.5 Å².